The molecule has 0 radical (unpaired) electrons. The minimum atomic E-state index is -0.583. The number of amides is 3. The number of hydrogen-bond acceptors (Lipinski definition) is 4. The Morgan fingerprint density at radius 2 is 1.92 bits per heavy atom. The van der Waals surface area contributed by atoms with Gasteiger partial charge < -0.3 is 5.32 Å². The number of nitrogens with one attached hydrogen (secondary N) is 1. The third-order valence-electron chi connectivity index (χ3n) is 4.03. The Balaban J connectivity index is 1.66. The molecule has 1 aliphatic heterocycles. The van der Waals surface area contributed by atoms with Gasteiger partial charge in [0, 0.05) is 23.8 Å². The maximum Gasteiger partial charge on any atom is 0.325 e. The molecular weight excluding hydrogens is 322 g/mol. The van der Waals surface area contributed by atoms with Gasteiger partial charge in [-0.2, -0.15) is 0 Å². The van der Waals surface area contributed by atoms with Crippen molar-refractivity contribution in [1.82, 2.24) is 15.2 Å². The number of thiazole rings is 1. The summed E-state index contributed by atoms with van der Waals surface area (Å²) in [5.74, 6) is -0.196. The Bertz CT molecular complexity index is 749. The Hall–Kier alpha value is -2.21. The standard InChI is InChI=1S/C18H21N3O2S/c1-18(2,3)13-11-24-14(19-13)9-10-21-16(22)15(20-17(21)23)12-7-5-4-6-8-12/h4-8,11,15H,9-10H2,1-3H3,(H,20,23). The first-order valence-corrected chi connectivity index (χ1v) is 8.86. The lowest BCUT2D eigenvalue weighted by Gasteiger charge is -2.14. The van der Waals surface area contributed by atoms with E-state index in [1.165, 1.54) is 4.90 Å². The van der Waals surface area contributed by atoms with E-state index in [0.29, 0.717) is 13.0 Å². The Labute approximate surface area is 145 Å². The van der Waals surface area contributed by atoms with Gasteiger partial charge >= 0.3 is 6.03 Å². The number of imide groups is 1. The highest BCUT2D eigenvalue weighted by atomic mass is 32.1. The van der Waals surface area contributed by atoms with Crippen LogP contribution in [-0.4, -0.2) is 28.4 Å². The van der Waals surface area contributed by atoms with Gasteiger partial charge in [-0.1, -0.05) is 51.1 Å². The Morgan fingerprint density at radius 3 is 2.54 bits per heavy atom. The molecule has 1 N–H and O–H groups in total. The zero-order valence-corrected chi connectivity index (χ0v) is 14.9. The fourth-order valence-corrected chi connectivity index (χ4v) is 3.59. The van der Waals surface area contributed by atoms with Gasteiger partial charge in [0.25, 0.3) is 5.91 Å². The molecule has 0 saturated carbocycles. The van der Waals surface area contributed by atoms with Crippen LogP contribution in [0.3, 0.4) is 0 Å². The molecule has 1 aliphatic rings. The van der Waals surface area contributed by atoms with E-state index in [1.54, 1.807) is 11.3 Å². The lowest BCUT2D eigenvalue weighted by Crippen LogP contribution is -2.32. The second-order valence-electron chi connectivity index (χ2n) is 6.91. The zero-order chi connectivity index (χ0) is 17.3. The van der Waals surface area contributed by atoms with E-state index < -0.39 is 6.04 Å². The van der Waals surface area contributed by atoms with Crippen molar-refractivity contribution in [3.63, 3.8) is 0 Å². The topological polar surface area (TPSA) is 62.3 Å². The molecule has 1 atom stereocenters. The van der Waals surface area contributed by atoms with Crippen molar-refractivity contribution >= 4 is 23.3 Å². The number of rotatable bonds is 4. The second-order valence-corrected chi connectivity index (χ2v) is 7.85. The number of carbonyl (C=O) groups is 2. The molecule has 2 heterocycles. The lowest BCUT2D eigenvalue weighted by molar-refractivity contribution is -0.127. The van der Waals surface area contributed by atoms with Crippen LogP contribution in [0, 0.1) is 0 Å². The molecule has 126 valence electrons. The molecule has 3 amide bonds. The highest BCUT2D eigenvalue weighted by molar-refractivity contribution is 7.09. The molecule has 1 aromatic heterocycles. The molecule has 0 aliphatic carbocycles. The highest BCUT2D eigenvalue weighted by Crippen LogP contribution is 2.25. The van der Waals surface area contributed by atoms with Gasteiger partial charge in [-0.05, 0) is 5.56 Å². The van der Waals surface area contributed by atoms with Gasteiger partial charge in [0.1, 0.15) is 6.04 Å². The van der Waals surface area contributed by atoms with Crippen molar-refractivity contribution in [2.24, 2.45) is 0 Å². The summed E-state index contributed by atoms with van der Waals surface area (Å²) in [6.07, 6.45) is 0.585. The molecule has 24 heavy (non-hydrogen) atoms. The van der Waals surface area contributed by atoms with E-state index in [9.17, 15) is 9.59 Å². The zero-order valence-electron chi connectivity index (χ0n) is 14.1. The summed E-state index contributed by atoms with van der Waals surface area (Å²) < 4.78 is 0. The molecule has 2 aromatic rings. The van der Waals surface area contributed by atoms with Gasteiger partial charge in [-0.25, -0.2) is 9.78 Å². The predicted octanol–water partition coefficient (Wildman–Crippen LogP) is 3.28. The quantitative estimate of drug-likeness (QED) is 0.867. The van der Waals surface area contributed by atoms with E-state index in [2.05, 4.69) is 31.1 Å². The van der Waals surface area contributed by atoms with Gasteiger partial charge in [0.2, 0.25) is 0 Å². The van der Waals surface area contributed by atoms with Gasteiger partial charge in [-0.3, -0.25) is 9.69 Å². The summed E-state index contributed by atoms with van der Waals surface area (Å²) in [5.41, 5.74) is 1.86. The van der Waals surface area contributed by atoms with Crippen LogP contribution in [0.15, 0.2) is 35.7 Å². The minimum Gasteiger partial charge on any atom is -0.322 e. The molecule has 0 bridgehead atoms. The van der Waals surface area contributed by atoms with Crippen molar-refractivity contribution in [2.45, 2.75) is 38.6 Å². The largest absolute Gasteiger partial charge is 0.325 e. The summed E-state index contributed by atoms with van der Waals surface area (Å²) in [4.78, 5) is 30.6. The van der Waals surface area contributed by atoms with Gasteiger partial charge in [-0.15, -0.1) is 11.3 Å². The average Bonchev–Trinajstić information content (AvgIpc) is 3.12. The van der Waals surface area contributed by atoms with E-state index >= 15 is 0 Å². The lowest BCUT2D eigenvalue weighted by atomic mass is 9.93. The Kier molecular flexibility index (Phi) is 4.41. The number of benzene rings is 1. The predicted molar refractivity (Wildman–Crippen MR) is 93.9 cm³/mol. The van der Waals surface area contributed by atoms with E-state index in [0.717, 1.165) is 16.3 Å². The smallest absolute Gasteiger partial charge is 0.322 e. The van der Waals surface area contributed by atoms with Crippen LogP contribution < -0.4 is 5.32 Å². The summed E-state index contributed by atoms with van der Waals surface area (Å²) in [6, 6.07) is 8.40. The second kappa shape index (κ2) is 6.36. The molecule has 6 heteroatoms. The van der Waals surface area contributed by atoms with Crippen molar-refractivity contribution in [2.75, 3.05) is 6.54 Å². The highest BCUT2D eigenvalue weighted by Gasteiger charge is 2.38. The van der Waals surface area contributed by atoms with Crippen LogP contribution in [0.4, 0.5) is 4.79 Å². The normalized spacial score (nSPS) is 18.1. The fourth-order valence-electron chi connectivity index (χ4n) is 2.58. The van der Waals surface area contributed by atoms with Crippen molar-refractivity contribution < 1.29 is 9.59 Å². The summed E-state index contributed by atoms with van der Waals surface area (Å²) in [6.45, 7) is 6.71. The molecule has 3 rings (SSSR count). The monoisotopic (exact) mass is 343 g/mol. The molecule has 1 saturated heterocycles. The van der Waals surface area contributed by atoms with Gasteiger partial charge in [0.05, 0.1) is 10.7 Å². The van der Waals surface area contributed by atoms with Crippen LogP contribution in [0.25, 0.3) is 0 Å². The van der Waals surface area contributed by atoms with E-state index in [-0.39, 0.29) is 17.4 Å². The van der Waals surface area contributed by atoms with Crippen LogP contribution in [0.1, 0.15) is 43.1 Å². The number of nitrogens with zero attached hydrogens (tertiary/aromatic N) is 2. The maximum absolute atomic E-state index is 12.5. The van der Waals surface area contributed by atoms with Gasteiger partial charge in [0.15, 0.2) is 0 Å². The minimum absolute atomic E-state index is 0.00793. The third kappa shape index (κ3) is 3.33. The first-order valence-electron chi connectivity index (χ1n) is 7.98. The average molecular weight is 343 g/mol. The van der Waals surface area contributed by atoms with Crippen molar-refractivity contribution in [3.05, 3.63) is 52.0 Å². The SMILES string of the molecule is CC(C)(C)c1csc(CCN2C(=O)NC(c3ccccc3)C2=O)n1. The van der Waals surface area contributed by atoms with Crippen molar-refractivity contribution in [3.8, 4) is 0 Å². The summed E-state index contributed by atoms with van der Waals surface area (Å²) >= 11 is 1.58. The molecule has 0 spiro atoms. The first kappa shape index (κ1) is 16.6. The molecule has 1 aromatic carbocycles. The number of carbonyl (C=O) groups excluding carboxylic acids is 2. The maximum atomic E-state index is 12.5. The molecule has 1 unspecified atom stereocenters. The van der Waals surface area contributed by atoms with Crippen LogP contribution in [-0.2, 0) is 16.6 Å². The van der Waals surface area contributed by atoms with Crippen LogP contribution in [0.2, 0.25) is 0 Å². The fraction of sp³-hybridized carbons (Fsp3) is 0.389. The number of urea groups is 1. The number of aromatic nitrogens is 1. The van der Waals surface area contributed by atoms with E-state index in [4.69, 9.17) is 0 Å². The van der Waals surface area contributed by atoms with Crippen LogP contribution >= 0.6 is 11.3 Å². The van der Waals surface area contributed by atoms with E-state index in [1.807, 2.05) is 35.7 Å². The number of hydrogen-bond donors (Lipinski definition) is 1. The first-order chi connectivity index (χ1) is 11.4. The third-order valence-corrected chi connectivity index (χ3v) is 4.94. The van der Waals surface area contributed by atoms with Crippen LogP contribution in [0.5, 0.6) is 0 Å². The molecule has 5 nitrogen and oxygen atoms in total. The summed E-state index contributed by atoms with van der Waals surface area (Å²) in [5, 5.41) is 5.75. The Morgan fingerprint density at radius 1 is 1.21 bits per heavy atom. The molecular formula is C18H21N3O2S. The van der Waals surface area contributed by atoms with Crippen molar-refractivity contribution in [1.29, 1.82) is 0 Å². The summed E-state index contributed by atoms with van der Waals surface area (Å²) in [7, 11) is 0. The molecule has 1 fully saturated rings.